The van der Waals surface area contributed by atoms with E-state index in [9.17, 15) is 9.59 Å². The minimum Gasteiger partial charge on any atom is -0.497 e. The number of carbonyl (C=O) groups is 2. The van der Waals surface area contributed by atoms with Crippen molar-refractivity contribution in [1.29, 1.82) is 0 Å². The van der Waals surface area contributed by atoms with Crippen LogP contribution in [0.5, 0.6) is 17.2 Å². The number of nitrogens with one attached hydrogen (secondary N) is 1. The van der Waals surface area contributed by atoms with Crippen molar-refractivity contribution in [2.75, 3.05) is 38.1 Å². The zero-order valence-electron chi connectivity index (χ0n) is 16.2. The molecule has 0 aromatic heterocycles. The number of aryl methyl sites for hydroxylation is 1. The number of nitrogens with zero attached hydrogens (tertiary/aromatic N) is 1. The summed E-state index contributed by atoms with van der Waals surface area (Å²) in [6, 6.07) is 10.5. The van der Waals surface area contributed by atoms with E-state index in [4.69, 9.17) is 14.2 Å². The molecular weight excluding hydrogens is 348 g/mol. The number of hydrogen-bond acceptors (Lipinski definition) is 5. The van der Waals surface area contributed by atoms with Crippen LogP contribution in [0.15, 0.2) is 36.4 Å². The number of methoxy groups -OCH3 is 3. The third-order valence-corrected chi connectivity index (χ3v) is 3.99. The molecule has 0 aliphatic rings. The highest BCUT2D eigenvalue weighted by atomic mass is 16.5. The standard InChI is InChI=1S/C20H24N2O5/c1-13-6-8-19(27-5)17(10-13)22(14(2)23)12-20(24)21-16-11-15(25-3)7-9-18(16)26-4/h6-11H,12H2,1-5H3,(H,21,24). The van der Waals surface area contributed by atoms with Crippen molar-refractivity contribution in [3.63, 3.8) is 0 Å². The lowest BCUT2D eigenvalue weighted by atomic mass is 10.2. The van der Waals surface area contributed by atoms with Gasteiger partial charge in [0.15, 0.2) is 0 Å². The quantitative estimate of drug-likeness (QED) is 0.808. The maximum atomic E-state index is 12.6. The molecule has 0 saturated carbocycles. The van der Waals surface area contributed by atoms with Crippen molar-refractivity contribution in [3.8, 4) is 17.2 Å². The Bertz CT molecular complexity index is 835. The second-order valence-electron chi connectivity index (χ2n) is 5.89. The number of rotatable bonds is 7. The summed E-state index contributed by atoms with van der Waals surface area (Å²) >= 11 is 0. The van der Waals surface area contributed by atoms with E-state index in [1.807, 2.05) is 13.0 Å². The van der Waals surface area contributed by atoms with Gasteiger partial charge in [-0.1, -0.05) is 6.07 Å². The van der Waals surface area contributed by atoms with Crippen molar-refractivity contribution in [2.45, 2.75) is 13.8 Å². The fourth-order valence-corrected chi connectivity index (χ4v) is 2.62. The van der Waals surface area contributed by atoms with Crippen LogP contribution >= 0.6 is 0 Å². The number of hydrogen-bond donors (Lipinski definition) is 1. The summed E-state index contributed by atoms with van der Waals surface area (Å²) in [6.45, 7) is 3.14. The molecule has 0 fully saturated rings. The van der Waals surface area contributed by atoms with Gasteiger partial charge in [0.25, 0.3) is 0 Å². The van der Waals surface area contributed by atoms with Crippen LogP contribution in [0.3, 0.4) is 0 Å². The highest BCUT2D eigenvalue weighted by Crippen LogP contribution is 2.31. The van der Waals surface area contributed by atoms with Crippen LogP contribution < -0.4 is 24.4 Å². The van der Waals surface area contributed by atoms with Crippen LogP contribution in [0, 0.1) is 6.92 Å². The molecule has 0 radical (unpaired) electrons. The van der Waals surface area contributed by atoms with Gasteiger partial charge in [-0.25, -0.2) is 0 Å². The summed E-state index contributed by atoms with van der Waals surface area (Å²) in [5.74, 6) is 0.941. The van der Waals surface area contributed by atoms with E-state index in [2.05, 4.69) is 5.32 Å². The summed E-state index contributed by atoms with van der Waals surface area (Å²) in [4.78, 5) is 26.2. The van der Waals surface area contributed by atoms with Crippen molar-refractivity contribution in [3.05, 3.63) is 42.0 Å². The molecule has 0 unspecified atom stereocenters. The summed E-state index contributed by atoms with van der Waals surface area (Å²) in [5.41, 5.74) is 1.95. The van der Waals surface area contributed by atoms with Crippen molar-refractivity contribution >= 4 is 23.2 Å². The molecule has 0 atom stereocenters. The lowest BCUT2D eigenvalue weighted by molar-refractivity contribution is -0.120. The monoisotopic (exact) mass is 372 g/mol. The van der Waals surface area contributed by atoms with Crippen LogP contribution in [0.4, 0.5) is 11.4 Å². The van der Waals surface area contributed by atoms with Crippen LogP contribution in [0.25, 0.3) is 0 Å². The molecule has 0 bridgehead atoms. The lowest BCUT2D eigenvalue weighted by Gasteiger charge is -2.23. The fourth-order valence-electron chi connectivity index (χ4n) is 2.62. The highest BCUT2D eigenvalue weighted by molar-refractivity contribution is 6.03. The fraction of sp³-hybridized carbons (Fsp3) is 0.300. The van der Waals surface area contributed by atoms with E-state index in [-0.39, 0.29) is 18.4 Å². The average molecular weight is 372 g/mol. The van der Waals surface area contributed by atoms with Gasteiger partial charge in [-0.15, -0.1) is 0 Å². The normalized spacial score (nSPS) is 10.1. The van der Waals surface area contributed by atoms with E-state index in [1.54, 1.807) is 30.3 Å². The molecular formula is C20H24N2O5. The largest absolute Gasteiger partial charge is 0.497 e. The molecule has 144 valence electrons. The first kappa shape index (κ1) is 20.1. The molecule has 2 aromatic carbocycles. The molecule has 0 saturated heterocycles. The van der Waals surface area contributed by atoms with Gasteiger partial charge < -0.3 is 19.5 Å². The third-order valence-electron chi connectivity index (χ3n) is 3.99. The van der Waals surface area contributed by atoms with Crippen LogP contribution in [0.2, 0.25) is 0 Å². The molecule has 0 spiro atoms. The van der Waals surface area contributed by atoms with Gasteiger partial charge in [0.1, 0.15) is 23.8 Å². The number of anilines is 2. The maximum absolute atomic E-state index is 12.6. The van der Waals surface area contributed by atoms with Crippen molar-refractivity contribution in [2.24, 2.45) is 0 Å². The smallest absolute Gasteiger partial charge is 0.244 e. The number of benzene rings is 2. The summed E-state index contributed by atoms with van der Waals surface area (Å²) in [7, 11) is 4.57. The SMILES string of the molecule is COc1ccc(OC)c(NC(=O)CN(C(C)=O)c2cc(C)ccc2OC)c1. The Balaban J connectivity index is 2.27. The van der Waals surface area contributed by atoms with Crippen LogP contribution in [0.1, 0.15) is 12.5 Å². The van der Waals surface area contributed by atoms with E-state index < -0.39 is 0 Å². The predicted molar refractivity (Wildman–Crippen MR) is 104 cm³/mol. The predicted octanol–water partition coefficient (Wildman–Crippen LogP) is 3.01. The zero-order chi connectivity index (χ0) is 20.0. The molecule has 2 aromatic rings. The Kier molecular flexibility index (Phi) is 6.65. The van der Waals surface area contributed by atoms with Crippen LogP contribution in [-0.2, 0) is 9.59 Å². The molecule has 1 N–H and O–H groups in total. The average Bonchev–Trinajstić information content (AvgIpc) is 2.65. The molecule has 0 heterocycles. The van der Waals surface area contributed by atoms with Gasteiger partial charge >= 0.3 is 0 Å². The van der Waals surface area contributed by atoms with E-state index in [0.717, 1.165) is 5.56 Å². The molecule has 2 amide bonds. The topological polar surface area (TPSA) is 77.1 Å². The van der Waals surface area contributed by atoms with Gasteiger partial charge in [-0.3, -0.25) is 14.5 Å². The number of amides is 2. The third kappa shape index (κ3) is 4.91. The van der Waals surface area contributed by atoms with Crippen LogP contribution in [-0.4, -0.2) is 39.7 Å². The highest BCUT2D eigenvalue weighted by Gasteiger charge is 2.20. The summed E-state index contributed by atoms with van der Waals surface area (Å²) in [6.07, 6.45) is 0. The Labute approximate surface area is 158 Å². The first-order valence-electron chi connectivity index (χ1n) is 8.34. The lowest BCUT2D eigenvalue weighted by Crippen LogP contribution is -2.37. The van der Waals surface area contributed by atoms with E-state index in [1.165, 1.54) is 33.2 Å². The summed E-state index contributed by atoms with van der Waals surface area (Å²) < 4.78 is 15.8. The minimum atomic E-state index is -0.375. The van der Waals surface area contributed by atoms with Crippen molar-refractivity contribution in [1.82, 2.24) is 0 Å². The van der Waals surface area contributed by atoms with Crippen molar-refractivity contribution < 1.29 is 23.8 Å². The Hall–Kier alpha value is -3.22. The Morgan fingerprint density at radius 2 is 1.63 bits per heavy atom. The molecule has 0 aliphatic heterocycles. The first-order valence-corrected chi connectivity index (χ1v) is 8.34. The molecule has 7 nitrogen and oxygen atoms in total. The van der Waals surface area contributed by atoms with Gasteiger partial charge in [-0.05, 0) is 36.8 Å². The van der Waals surface area contributed by atoms with Gasteiger partial charge in [0.2, 0.25) is 11.8 Å². The molecule has 2 rings (SSSR count). The molecule has 0 aliphatic carbocycles. The Morgan fingerprint density at radius 3 is 2.22 bits per heavy atom. The van der Waals surface area contributed by atoms with Gasteiger partial charge in [0.05, 0.1) is 32.7 Å². The van der Waals surface area contributed by atoms with E-state index >= 15 is 0 Å². The van der Waals surface area contributed by atoms with Gasteiger partial charge in [-0.2, -0.15) is 0 Å². The van der Waals surface area contributed by atoms with E-state index in [0.29, 0.717) is 28.6 Å². The maximum Gasteiger partial charge on any atom is 0.244 e. The Morgan fingerprint density at radius 1 is 0.963 bits per heavy atom. The number of carbonyl (C=O) groups excluding carboxylic acids is 2. The molecule has 27 heavy (non-hydrogen) atoms. The molecule has 7 heteroatoms. The second kappa shape index (κ2) is 8.93. The first-order chi connectivity index (χ1) is 12.9. The zero-order valence-corrected chi connectivity index (χ0v) is 16.2. The number of ether oxygens (including phenoxy) is 3. The summed E-state index contributed by atoms with van der Waals surface area (Å²) in [5, 5.41) is 2.76. The van der Waals surface area contributed by atoms with Gasteiger partial charge in [0, 0.05) is 13.0 Å². The minimum absolute atomic E-state index is 0.171. The second-order valence-corrected chi connectivity index (χ2v) is 5.89.